The maximum atomic E-state index is 5.50. The van der Waals surface area contributed by atoms with Gasteiger partial charge in [0.2, 0.25) is 5.95 Å². The molecule has 132 valence electrons. The summed E-state index contributed by atoms with van der Waals surface area (Å²) in [5.41, 5.74) is 2.15. The minimum absolute atomic E-state index is 0.699. The first-order valence-corrected chi connectivity index (χ1v) is 9.32. The minimum atomic E-state index is 0.699. The predicted octanol–water partition coefficient (Wildman–Crippen LogP) is 3.22. The van der Waals surface area contributed by atoms with E-state index in [-0.39, 0.29) is 0 Å². The van der Waals surface area contributed by atoms with Crippen molar-refractivity contribution in [3.05, 3.63) is 36.4 Å². The molecule has 0 bridgehead atoms. The Kier molecular flexibility index (Phi) is 4.83. The van der Waals surface area contributed by atoms with Gasteiger partial charge >= 0.3 is 0 Å². The number of hydrogen-bond donors (Lipinski definition) is 0. The van der Waals surface area contributed by atoms with Crippen LogP contribution in [0.3, 0.4) is 0 Å². The van der Waals surface area contributed by atoms with E-state index >= 15 is 0 Å². The first kappa shape index (κ1) is 16.3. The van der Waals surface area contributed by atoms with Crippen LogP contribution < -0.4 is 9.80 Å². The molecule has 3 heterocycles. The molecule has 2 saturated heterocycles. The van der Waals surface area contributed by atoms with Gasteiger partial charge in [-0.1, -0.05) is 37.3 Å². The van der Waals surface area contributed by atoms with Gasteiger partial charge < -0.3 is 14.5 Å². The highest BCUT2D eigenvalue weighted by Gasteiger charge is 2.22. The molecule has 2 aliphatic rings. The molecule has 2 aromatic rings. The number of nitrogens with zero attached hydrogens (tertiary/aromatic N) is 4. The number of morpholine rings is 1. The highest BCUT2D eigenvalue weighted by Crippen LogP contribution is 2.27. The van der Waals surface area contributed by atoms with E-state index in [1.54, 1.807) is 0 Å². The summed E-state index contributed by atoms with van der Waals surface area (Å²) in [7, 11) is 0. The normalized spacial score (nSPS) is 21.4. The van der Waals surface area contributed by atoms with E-state index in [9.17, 15) is 0 Å². The second-order valence-electron chi connectivity index (χ2n) is 7.07. The monoisotopic (exact) mass is 338 g/mol. The maximum absolute atomic E-state index is 5.50. The minimum Gasteiger partial charge on any atom is -0.378 e. The Morgan fingerprint density at radius 3 is 2.56 bits per heavy atom. The van der Waals surface area contributed by atoms with Gasteiger partial charge in [-0.3, -0.25) is 0 Å². The molecule has 0 aliphatic carbocycles. The molecule has 2 fully saturated rings. The molecule has 25 heavy (non-hydrogen) atoms. The van der Waals surface area contributed by atoms with Gasteiger partial charge in [-0.05, 0) is 18.8 Å². The summed E-state index contributed by atoms with van der Waals surface area (Å²) in [4.78, 5) is 14.5. The lowest BCUT2D eigenvalue weighted by molar-refractivity contribution is 0.122. The van der Waals surface area contributed by atoms with Crippen molar-refractivity contribution >= 4 is 11.8 Å². The molecule has 1 atom stereocenters. The first-order valence-electron chi connectivity index (χ1n) is 9.32. The SMILES string of the molecule is CC1CCCN(c2nc(-c3ccccc3)cc(N3CCOCC3)n2)C1. The Balaban J connectivity index is 1.72. The fourth-order valence-corrected chi connectivity index (χ4v) is 3.65. The lowest BCUT2D eigenvalue weighted by Crippen LogP contribution is -2.38. The zero-order chi connectivity index (χ0) is 17.1. The third-order valence-corrected chi connectivity index (χ3v) is 5.05. The quantitative estimate of drug-likeness (QED) is 0.859. The Labute approximate surface area is 149 Å². The van der Waals surface area contributed by atoms with Crippen LogP contribution in [0.15, 0.2) is 36.4 Å². The maximum Gasteiger partial charge on any atom is 0.227 e. The summed E-state index contributed by atoms with van der Waals surface area (Å²) in [6.07, 6.45) is 2.51. The van der Waals surface area contributed by atoms with Crippen LogP contribution in [-0.4, -0.2) is 49.4 Å². The van der Waals surface area contributed by atoms with E-state index in [0.29, 0.717) is 5.92 Å². The second kappa shape index (κ2) is 7.40. The Morgan fingerprint density at radius 2 is 1.80 bits per heavy atom. The van der Waals surface area contributed by atoms with Crippen molar-refractivity contribution in [2.75, 3.05) is 49.2 Å². The highest BCUT2D eigenvalue weighted by atomic mass is 16.5. The van der Waals surface area contributed by atoms with Crippen LogP contribution in [0.5, 0.6) is 0 Å². The largest absolute Gasteiger partial charge is 0.378 e. The van der Waals surface area contributed by atoms with Crippen LogP contribution in [0.4, 0.5) is 11.8 Å². The number of rotatable bonds is 3. The standard InChI is InChI=1S/C20H26N4O/c1-16-6-5-9-24(15-16)20-21-18(17-7-3-2-4-8-17)14-19(22-20)23-10-12-25-13-11-23/h2-4,7-8,14,16H,5-6,9-13,15H2,1H3. The van der Waals surface area contributed by atoms with Crippen LogP contribution in [0.1, 0.15) is 19.8 Å². The van der Waals surface area contributed by atoms with Crippen molar-refractivity contribution in [2.45, 2.75) is 19.8 Å². The van der Waals surface area contributed by atoms with Crippen LogP contribution in [0, 0.1) is 5.92 Å². The number of aromatic nitrogens is 2. The van der Waals surface area contributed by atoms with Gasteiger partial charge in [0.15, 0.2) is 0 Å². The fraction of sp³-hybridized carbons (Fsp3) is 0.500. The molecular formula is C20H26N4O. The molecule has 1 unspecified atom stereocenters. The van der Waals surface area contributed by atoms with E-state index in [4.69, 9.17) is 14.7 Å². The third-order valence-electron chi connectivity index (χ3n) is 5.05. The zero-order valence-corrected chi connectivity index (χ0v) is 14.9. The van der Waals surface area contributed by atoms with Crippen LogP contribution in [-0.2, 0) is 4.74 Å². The molecule has 5 heteroatoms. The summed E-state index contributed by atoms with van der Waals surface area (Å²) in [6, 6.07) is 12.5. The average molecular weight is 338 g/mol. The highest BCUT2D eigenvalue weighted by molar-refractivity contribution is 5.65. The summed E-state index contributed by atoms with van der Waals surface area (Å²) in [5, 5.41) is 0. The number of hydrogen-bond acceptors (Lipinski definition) is 5. The molecular weight excluding hydrogens is 312 g/mol. The molecule has 0 spiro atoms. The lowest BCUT2D eigenvalue weighted by atomic mass is 10.0. The van der Waals surface area contributed by atoms with E-state index in [1.807, 2.05) is 6.07 Å². The summed E-state index contributed by atoms with van der Waals surface area (Å²) in [5.74, 6) is 2.59. The molecule has 0 radical (unpaired) electrons. The summed E-state index contributed by atoms with van der Waals surface area (Å²) < 4.78 is 5.50. The van der Waals surface area contributed by atoms with E-state index in [1.165, 1.54) is 12.8 Å². The van der Waals surface area contributed by atoms with Crippen molar-refractivity contribution in [3.8, 4) is 11.3 Å². The van der Waals surface area contributed by atoms with Crippen LogP contribution in [0.25, 0.3) is 11.3 Å². The molecule has 1 aromatic carbocycles. The lowest BCUT2D eigenvalue weighted by Gasteiger charge is -2.33. The third kappa shape index (κ3) is 3.76. The van der Waals surface area contributed by atoms with Gasteiger partial charge in [-0.15, -0.1) is 0 Å². The molecule has 2 aliphatic heterocycles. The van der Waals surface area contributed by atoms with Gasteiger partial charge in [-0.2, -0.15) is 4.98 Å². The fourth-order valence-electron chi connectivity index (χ4n) is 3.65. The molecule has 1 aromatic heterocycles. The van der Waals surface area contributed by atoms with Gasteiger partial charge in [-0.25, -0.2) is 4.98 Å². The number of anilines is 2. The molecule has 0 saturated carbocycles. The second-order valence-corrected chi connectivity index (χ2v) is 7.07. The summed E-state index contributed by atoms with van der Waals surface area (Å²) in [6.45, 7) is 7.71. The van der Waals surface area contributed by atoms with Crippen LogP contribution in [0.2, 0.25) is 0 Å². The smallest absolute Gasteiger partial charge is 0.227 e. The first-order chi connectivity index (χ1) is 12.3. The van der Waals surface area contributed by atoms with Crippen molar-refractivity contribution in [3.63, 3.8) is 0 Å². The van der Waals surface area contributed by atoms with E-state index in [2.05, 4.69) is 47.1 Å². The number of ether oxygens (including phenoxy) is 1. The topological polar surface area (TPSA) is 41.5 Å². The van der Waals surface area contributed by atoms with Gasteiger partial charge in [0, 0.05) is 37.8 Å². The Morgan fingerprint density at radius 1 is 1.00 bits per heavy atom. The van der Waals surface area contributed by atoms with Gasteiger partial charge in [0.1, 0.15) is 5.82 Å². The zero-order valence-electron chi connectivity index (χ0n) is 14.9. The molecule has 0 N–H and O–H groups in total. The average Bonchev–Trinajstić information content (AvgIpc) is 2.69. The van der Waals surface area contributed by atoms with Gasteiger partial charge in [0.25, 0.3) is 0 Å². The van der Waals surface area contributed by atoms with Crippen LogP contribution >= 0.6 is 0 Å². The predicted molar refractivity (Wildman–Crippen MR) is 101 cm³/mol. The number of piperidine rings is 1. The van der Waals surface area contributed by atoms with E-state index < -0.39 is 0 Å². The van der Waals surface area contributed by atoms with Crippen molar-refractivity contribution < 1.29 is 4.74 Å². The Hall–Kier alpha value is -2.14. The molecule has 4 rings (SSSR count). The van der Waals surface area contributed by atoms with Crippen molar-refractivity contribution in [2.24, 2.45) is 5.92 Å². The van der Waals surface area contributed by atoms with Crippen molar-refractivity contribution in [1.29, 1.82) is 0 Å². The van der Waals surface area contributed by atoms with Gasteiger partial charge in [0.05, 0.1) is 18.9 Å². The Bertz CT molecular complexity index is 700. The summed E-state index contributed by atoms with van der Waals surface area (Å²) >= 11 is 0. The van der Waals surface area contributed by atoms with E-state index in [0.717, 1.165) is 62.4 Å². The molecule has 5 nitrogen and oxygen atoms in total. The molecule has 0 amide bonds. The number of benzene rings is 1. The van der Waals surface area contributed by atoms with Crippen molar-refractivity contribution in [1.82, 2.24) is 9.97 Å².